The second kappa shape index (κ2) is 7.05. The molecular weight excluding hydrogens is 298 g/mol. The molecule has 6 nitrogen and oxygen atoms in total. The topological polar surface area (TPSA) is 102 Å². The van der Waals surface area contributed by atoms with E-state index in [1.54, 1.807) is 6.07 Å². The van der Waals surface area contributed by atoms with Crippen molar-refractivity contribution in [2.75, 3.05) is 13.2 Å². The first kappa shape index (κ1) is 18.0. The van der Waals surface area contributed by atoms with E-state index < -0.39 is 18.3 Å². The number of aliphatic hydroxyl groups excluding tert-OH is 3. The van der Waals surface area contributed by atoms with Crippen LogP contribution in [0.1, 0.15) is 31.9 Å². The van der Waals surface area contributed by atoms with Gasteiger partial charge in [0.15, 0.2) is 0 Å². The maximum absolute atomic E-state index is 10.0. The van der Waals surface area contributed by atoms with Crippen LogP contribution in [0.4, 0.5) is 0 Å². The first-order valence-electron chi connectivity index (χ1n) is 7.93. The molecule has 0 aliphatic heterocycles. The average Bonchev–Trinajstić information content (AvgIpc) is 2.46. The van der Waals surface area contributed by atoms with Crippen LogP contribution in [-0.2, 0) is 12.8 Å². The summed E-state index contributed by atoms with van der Waals surface area (Å²) < 4.78 is 5.68. The fourth-order valence-electron chi connectivity index (χ4n) is 2.61. The Morgan fingerprint density at radius 1 is 1.17 bits per heavy atom. The monoisotopic (exact) mass is 325 g/mol. The molecule has 2 rings (SSSR count). The molecule has 0 spiro atoms. The highest BCUT2D eigenvalue weighted by atomic mass is 16.5. The Labute approximate surface area is 136 Å². The number of hydrogen-bond acceptors (Lipinski definition) is 6. The van der Waals surface area contributed by atoms with E-state index in [9.17, 15) is 20.4 Å². The van der Waals surface area contributed by atoms with Gasteiger partial charge in [-0.25, -0.2) is 0 Å². The van der Waals surface area contributed by atoms with Crippen LogP contribution in [-0.4, -0.2) is 57.4 Å². The summed E-state index contributed by atoms with van der Waals surface area (Å²) in [6.07, 6.45) is -2.02. The molecule has 1 aromatic carbocycles. The number of aliphatic hydroxyl groups is 3. The van der Waals surface area contributed by atoms with Crippen molar-refractivity contribution < 1.29 is 25.2 Å². The zero-order valence-electron chi connectivity index (χ0n) is 13.9. The lowest BCUT2D eigenvalue weighted by molar-refractivity contribution is 0.0127. The molecule has 0 saturated carbocycles. The number of phenols is 1. The first-order valence-corrected chi connectivity index (χ1v) is 7.93. The molecule has 5 N–H and O–H groups in total. The van der Waals surface area contributed by atoms with Crippen LogP contribution in [0.5, 0.6) is 11.5 Å². The third-order valence-electron chi connectivity index (χ3n) is 3.93. The van der Waals surface area contributed by atoms with Gasteiger partial charge in [-0.15, -0.1) is 0 Å². The zero-order valence-corrected chi connectivity index (χ0v) is 13.9. The molecule has 0 bridgehead atoms. The quantitative estimate of drug-likeness (QED) is 0.535. The summed E-state index contributed by atoms with van der Waals surface area (Å²) in [5.41, 5.74) is 1.21. The number of benzene rings is 1. The summed E-state index contributed by atoms with van der Waals surface area (Å²) >= 11 is 0. The number of fused-ring (bicyclic) bond motifs is 1. The van der Waals surface area contributed by atoms with Crippen molar-refractivity contribution >= 4 is 0 Å². The maximum atomic E-state index is 10.0. The Bertz CT molecular complexity index is 541. The fourth-order valence-corrected chi connectivity index (χ4v) is 2.61. The van der Waals surface area contributed by atoms with Gasteiger partial charge in [0.25, 0.3) is 0 Å². The molecule has 0 amide bonds. The maximum Gasteiger partial charge on any atom is 0.123 e. The molecule has 23 heavy (non-hydrogen) atoms. The van der Waals surface area contributed by atoms with Crippen LogP contribution in [0.15, 0.2) is 12.1 Å². The van der Waals surface area contributed by atoms with E-state index in [0.717, 1.165) is 0 Å². The third kappa shape index (κ3) is 4.81. The highest BCUT2D eigenvalue weighted by Crippen LogP contribution is 2.35. The molecule has 1 aliphatic carbocycles. The summed E-state index contributed by atoms with van der Waals surface area (Å²) in [7, 11) is 0. The molecule has 1 unspecified atom stereocenters. The van der Waals surface area contributed by atoms with Gasteiger partial charge in [0.1, 0.15) is 24.2 Å². The van der Waals surface area contributed by atoms with Crippen LogP contribution in [0.3, 0.4) is 0 Å². The lowest BCUT2D eigenvalue weighted by Crippen LogP contribution is -2.42. The SMILES string of the molecule is CC(C)(C)NCC(O)COc1ccc(O)c2c1C[C@@H](O)[C@@H](O)C2. The fraction of sp³-hybridized carbons (Fsp3) is 0.647. The minimum atomic E-state index is -0.884. The number of phenolic OH excluding ortho intramolecular Hbond substituents is 1. The predicted octanol–water partition coefficient (Wildman–Crippen LogP) is 0.340. The standard InChI is InChI=1S/C17H27NO5/c1-17(2,3)18-8-10(19)9-23-16-5-4-13(20)11-6-14(21)15(22)7-12(11)16/h4-5,10,14-15,18-22H,6-9H2,1-3H3/t10?,14-,15+/m0/s1. The summed E-state index contributed by atoms with van der Waals surface area (Å²) in [5, 5.41) is 42.7. The molecule has 0 fully saturated rings. The Kier molecular flexibility index (Phi) is 5.52. The van der Waals surface area contributed by atoms with Crippen molar-refractivity contribution in [1.29, 1.82) is 0 Å². The van der Waals surface area contributed by atoms with Crippen molar-refractivity contribution in [2.45, 2.75) is 57.5 Å². The molecule has 1 aliphatic rings. The van der Waals surface area contributed by atoms with Crippen molar-refractivity contribution in [3.63, 3.8) is 0 Å². The number of nitrogens with one attached hydrogen (secondary N) is 1. The van der Waals surface area contributed by atoms with E-state index >= 15 is 0 Å². The Morgan fingerprint density at radius 2 is 1.78 bits per heavy atom. The van der Waals surface area contributed by atoms with Gasteiger partial charge < -0.3 is 30.5 Å². The zero-order chi connectivity index (χ0) is 17.2. The van der Waals surface area contributed by atoms with E-state index in [1.807, 2.05) is 20.8 Å². The van der Waals surface area contributed by atoms with Gasteiger partial charge in [0.2, 0.25) is 0 Å². The molecular formula is C17H27NO5. The van der Waals surface area contributed by atoms with Gasteiger partial charge in [0.05, 0.1) is 12.2 Å². The minimum Gasteiger partial charge on any atom is -0.508 e. The van der Waals surface area contributed by atoms with Crippen LogP contribution in [0.25, 0.3) is 0 Å². The van der Waals surface area contributed by atoms with Gasteiger partial charge in [0, 0.05) is 36.1 Å². The number of hydrogen-bond donors (Lipinski definition) is 5. The smallest absolute Gasteiger partial charge is 0.123 e. The largest absolute Gasteiger partial charge is 0.508 e. The Morgan fingerprint density at radius 3 is 2.39 bits per heavy atom. The van der Waals surface area contributed by atoms with Crippen molar-refractivity contribution in [2.24, 2.45) is 0 Å². The van der Waals surface area contributed by atoms with E-state index in [1.165, 1.54) is 6.07 Å². The lowest BCUT2D eigenvalue weighted by Gasteiger charge is -2.28. The average molecular weight is 325 g/mol. The summed E-state index contributed by atoms with van der Waals surface area (Å²) in [6.45, 7) is 6.57. The van der Waals surface area contributed by atoms with E-state index in [4.69, 9.17) is 4.74 Å². The lowest BCUT2D eigenvalue weighted by atomic mass is 9.86. The third-order valence-corrected chi connectivity index (χ3v) is 3.93. The van der Waals surface area contributed by atoms with Crippen molar-refractivity contribution in [3.05, 3.63) is 23.3 Å². The number of rotatable bonds is 5. The van der Waals surface area contributed by atoms with Crippen molar-refractivity contribution in [1.82, 2.24) is 5.32 Å². The van der Waals surface area contributed by atoms with Gasteiger partial charge in [-0.2, -0.15) is 0 Å². The molecule has 3 atom stereocenters. The summed E-state index contributed by atoms with van der Waals surface area (Å²) in [6, 6.07) is 3.14. The minimum absolute atomic E-state index is 0.0844. The first-order chi connectivity index (χ1) is 10.7. The van der Waals surface area contributed by atoms with Crippen LogP contribution < -0.4 is 10.1 Å². The Hall–Kier alpha value is -1.34. The molecule has 0 radical (unpaired) electrons. The van der Waals surface area contributed by atoms with Crippen LogP contribution >= 0.6 is 0 Å². The van der Waals surface area contributed by atoms with Crippen molar-refractivity contribution in [3.8, 4) is 11.5 Å². The van der Waals surface area contributed by atoms with Crippen LogP contribution in [0.2, 0.25) is 0 Å². The normalized spacial score (nSPS) is 22.5. The van der Waals surface area contributed by atoms with Gasteiger partial charge in [-0.3, -0.25) is 0 Å². The molecule has 0 saturated heterocycles. The number of aromatic hydroxyl groups is 1. The molecule has 1 aromatic rings. The second-order valence-electron chi connectivity index (χ2n) is 7.18. The number of ether oxygens (including phenoxy) is 1. The molecule has 130 valence electrons. The molecule has 0 aromatic heterocycles. The van der Waals surface area contributed by atoms with Crippen LogP contribution in [0, 0.1) is 0 Å². The van der Waals surface area contributed by atoms with Gasteiger partial charge in [-0.05, 0) is 32.9 Å². The molecule has 6 heteroatoms. The van der Waals surface area contributed by atoms with E-state index in [-0.39, 0.29) is 30.7 Å². The summed E-state index contributed by atoms with van der Waals surface area (Å²) in [5.74, 6) is 0.617. The highest BCUT2D eigenvalue weighted by Gasteiger charge is 2.29. The van der Waals surface area contributed by atoms with Gasteiger partial charge >= 0.3 is 0 Å². The number of β-amino-alcohol motifs (C(OH)–C–C–N with tert-alkyl or cyclic N) is 1. The van der Waals surface area contributed by atoms with E-state index in [2.05, 4.69) is 5.32 Å². The summed E-state index contributed by atoms with van der Waals surface area (Å²) in [4.78, 5) is 0. The highest BCUT2D eigenvalue weighted by molar-refractivity contribution is 5.50. The predicted molar refractivity (Wildman–Crippen MR) is 86.8 cm³/mol. The van der Waals surface area contributed by atoms with E-state index in [0.29, 0.717) is 23.4 Å². The second-order valence-corrected chi connectivity index (χ2v) is 7.18. The Balaban J connectivity index is 2.03. The van der Waals surface area contributed by atoms with Gasteiger partial charge in [-0.1, -0.05) is 0 Å². The molecule has 0 heterocycles.